The molecule has 0 spiro atoms. The van der Waals surface area contributed by atoms with Crippen LogP contribution < -0.4 is 10.6 Å². The van der Waals surface area contributed by atoms with Crippen LogP contribution in [0.3, 0.4) is 0 Å². The smallest absolute Gasteiger partial charge is 0.223 e. The lowest BCUT2D eigenvalue weighted by atomic mass is 10.2. The van der Waals surface area contributed by atoms with Gasteiger partial charge in [-0.1, -0.05) is 18.2 Å². The number of nitrogens with two attached hydrogens (primary N) is 1. The lowest BCUT2D eigenvalue weighted by molar-refractivity contribution is 0.994. The molecule has 3 aromatic rings. The number of hydrogen-bond donors (Lipinski definition) is 1. The second-order valence-corrected chi connectivity index (χ2v) is 5.02. The van der Waals surface area contributed by atoms with Crippen molar-refractivity contribution in [3.05, 3.63) is 41.8 Å². The van der Waals surface area contributed by atoms with Crippen molar-refractivity contribution in [3.63, 3.8) is 0 Å². The Morgan fingerprint density at radius 1 is 1.16 bits per heavy atom. The van der Waals surface area contributed by atoms with E-state index >= 15 is 0 Å². The Balaban J connectivity index is 2.19. The Morgan fingerprint density at radius 3 is 2.68 bits per heavy atom. The van der Waals surface area contributed by atoms with E-state index in [2.05, 4.69) is 33.9 Å². The Bertz CT molecular complexity index is 693. The molecule has 4 nitrogen and oxygen atoms in total. The van der Waals surface area contributed by atoms with E-state index in [9.17, 15) is 0 Å². The first kappa shape index (κ1) is 11.9. The molecule has 0 amide bonds. The van der Waals surface area contributed by atoms with E-state index in [0.717, 1.165) is 28.3 Å². The van der Waals surface area contributed by atoms with Gasteiger partial charge in [0.05, 0.1) is 5.39 Å². The van der Waals surface area contributed by atoms with Crippen LogP contribution >= 0.6 is 11.3 Å². The first-order chi connectivity index (χ1) is 9.29. The summed E-state index contributed by atoms with van der Waals surface area (Å²) in [6.45, 7) is 2.93. The molecule has 0 aliphatic rings. The van der Waals surface area contributed by atoms with Crippen LogP contribution in [-0.4, -0.2) is 16.5 Å². The molecule has 0 atom stereocenters. The molecule has 0 aliphatic carbocycles. The number of rotatable bonds is 3. The van der Waals surface area contributed by atoms with E-state index in [4.69, 9.17) is 5.73 Å². The average Bonchev–Trinajstić information content (AvgIpc) is 2.89. The predicted molar refractivity (Wildman–Crippen MR) is 80.9 cm³/mol. The molecule has 1 aromatic carbocycles. The molecular weight excluding hydrogens is 256 g/mol. The lowest BCUT2D eigenvalue weighted by Gasteiger charge is -2.22. The van der Waals surface area contributed by atoms with Crippen molar-refractivity contribution < 1.29 is 0 Å². The molecule has 0 saturated carbocycles. The minimum atomic E-state index is 0.319. The third-order valence-electron chi connectivity index (χ3n) is 2.96. The fourth-order valence-corrected chi connectivity index (χ4v) is 2.89. The summed E-state index contributed by atoms with van der Waals surface area (Å²) in [5.41, 5.74) is 6.92. The molecule has 2 N–H and O–H groups in total. The summed E-state index contributed by atoms with van der Waals surface area (Å²) in [5, 5.41) is 3.06. The maximum absolute atomic E-state index is 5.81. The van der Waals surface area contributed by atoms with E-state index in [0.29, 0.717) is 5.95 Å². The molecule has 0 radical (unpaired) electrons. The summed E-state index contributed by atoms with van der Waals surface area (Å²) in [4.78, 5) is 11.8. The minimum absolute atomic E-state index is 0.319. The third-order valence-corrected chi connectivity index (χ3v) is 3.77. The van der Waals surface area contributed by atoms with Crippen LogP contribution in [0.25, 0.3) is 10.2 Å². The van der Waals surface area contributed by atoms with Gasteiger partial charge in [0.25, 0.3) is 0 Å². The summed E-state index contributed by atoms with van der Waals surface area (Å²) < 4.78 is 0. The zero-order valence-electron chi connectivity index (χ0n) is 10.6. The van der Waals surface area contributed by atoms with Crippen molar-refractivity contribution in [2.75, 3.05) is 17.2 Å². The molecule has 96 valence electrons. The van der Waals surface area contributed by atoms with Crippen LogP contribution in [0.1, 0.15) is 6.92 Å². The van der Waals surface area contributed by atoms with Gasteiger partial charge >= 0.3 is 0 Å². The van der Waals surface area contributed by atoms with Gasteiger partial charge in [-0.05, 0) is 30.5 Å². The molecule has 2 heterocycles. The highest BCUT2D eigenvalue weighted by Gasteiger charge is 2.14. The minimum Gasteiger partial charge on any atom is -0.368 e. The second kappa shape index (κ2) is 4.85. The highest BCUT2D eigenvalue weighted by molar-refractivity contribution is 7.16. The molecular formula is C14H14N4S. The molecule has 0 unspecified atom stereocenters. The fraction of sp³-hybridized carbons (Fsp3) is 0.143. The second-order valence-electron chi connectivity index (χ2n) is 4.12. The quantitative estimate of drug-likeness (QED) is 0.792. The van der Waals surface area contributed by atoms with Gasteiger partial charge in [0.2, 0.25) is 5.95 Å². The topological polar surface area (TPSA) is 55.0 Å². The van der Waals surface area contributed by atoms with E-state index in [1.54, 1.807) is 11.3 Å². The highest BCUT2D eigenvalue weighted by Crippen LogP contribution is 2.32. The number of benzene rings is 1. The largest absolute Gasteiger partial charge is 0.368 e. The van der Waals surface area contributed by atoms with Crippen molar-refractivity contribution in [1.82, 2.24) is 9.97 Å². The van der Waals surface area contributed by atoms with Crippen molar-refractivity contribution in [2.24, 2.45) is 0 Å². The van der Waals surface area contributed by atoms with Crippen LogP contribution in [-0.2, 0) is 0 Å². The fourth-order valence-electron chi connectivity index (χ4n) is 2.12. The van der Waals surface area contributed by atoms with E-state index in [1.165, 1.54) is 0 Å². The molecule has 0 saturated heterocycles. The summed E-state index contributed by atoms with van der Waals surface area (Å²) in [7, 11) is 0. The molecule has 3 rings (SSSR count). The van der Waals surface area contributed by atoms with Gasteiger partial charge in [-0.15, -0.1) is 11.3 Å². The number of para-hydroxylation sites is 1. The Labute approximate surface area is 115 Å². The van der Waals surface area contributed by atoms with Crippen molar-refractivity contribution in [1.29, 1.82) is 0 Å². The van der Waals surface area contributed by atoms with Crippen molar-refractivity contribution >= 4 is 39.0 Å². The van der Waals surface area contributed by atoms with Crippen LogP contribution in [0.2, 0.25) is 0 Å². The highest BCUT2D eigenvalue weighted by atomic mass is 32.1. The Hall–Kier alpha value is -2.14. The van der Waals surface area contributed by atoms with E-state index in [-0.39, 0.29) is 0 Å². The molecule has 19 heavy (non-hydrogen) atoms. The van der Waals surface area contributed by atoms with Gasteiger partial charge in [0.15, 0.2) is 0 Å². The molecule has 5 heteroatoms. The molecule has 2 aromatic heterocycles. The number of aromatic nitrogens is 2. The van der Waals surface area contributed by atoms with Gasteiger partial charge in [0, 0.05) is 12.2 Å². The van der Waals surface area contributed by atoms with E-state index in [1.807, 2.05) is 29.6 Å². The van der Waals surface area contributed by atoms with Crippen molar-refractivity contribution in [2.45, 2.75) is 6.92 Å². The van der Waals surface area contributed by atoms with Crippen molar-refractivity contribution in [3.8, 4) is 0 Å². The Morgan fingerprint density at radius 2 is 1.95 bits per heavy atom. The summed E-state index contributed by atoms with van der Waals surface area (Å²) >= 11 is 1.58. The number of thiophene rings is 1. The van der Waals surface area contributed by atoms with Crippen LogP contribution in [0.4, 0.5) is 17.5 Å². The zero-order valence-corrected chi connectivity index (χ0v) is 11.4. The zero-order chi connectivity index (χ0) is 13.2. The predicted octanol–water partition coefficient (Wildman–Crippen LogP) is 3.43. The molecule has 0 aliphatic heterocycles. The molecule has 0 fully saturated rings. The van der Waals surface area contributed by atoms with Gasteiger partial charge in [-0.25, -0.2) is 4.98 Å². The summed E-state index contributed by atoms with van der Waals surface area (Å²) in [5.74, 6) is 1.19. The maximum Gasteiger partial charge on any atom is 0.223 e. The van der Waals surface area contributed by atoms with E-state index < -0.39 is 0 Å². The first-order valence-corrected chi connectivity index (χ1v) is 7.01. The molecule has 0 bridgehead atoms. The number of nitrogens with zero attached hydrogens (tertiary/aromatic N) is 3. The number of nitrogen functional groups attached to an aromatic ring is 1. The normalized spacial score (nSPS) is 10.8. The van der Waals surface area contributed by atoms with Gasteiger partial charge in [-0.2, -0.15) is 4.98 Å². The first-order valence-electron chi connectivity index (χ1n) is 6.13. The van der Waals surface area contributed by atoms with Crippen LogP contribution in [0, 0.1) is 0 Å². The number of anilines is 3. The third kappa shape index (κ3) is 2.13. The average molecular weight is 270 g/mol. The maximum atomic E-state index is 5.81. The summed E-state index contributed by atoms with van der Waals surface area (Å²) in [6.07, 6.45) is 0. The lowest BCUT2D eigenvalue weighted by Crippen LogP contribution is -2.18. The summed E-state index contributed by atoms with van der Waals surface area (Å²) in [6, 6.07) is 12.2. The van der Waals surface area contributed by atoms with Crippen LogP contribution in [0.5, 0.6) is 0 Å². The Kier molecular flexibility index (Phi) is 3.05. The number of hydrogen-bond acceptors (Lipinski definition) is 5. The van der Waals surface area contributed by atoms with Gasteiger partial charge in [0.1, 0.15) is 10.6 Å². The van der Waals surface area contributed by atoms with Crippen LogP contribution in [0.15, 0.2) is 41.8 Å². The van der Waals surface area contributed by atoms with Gasteiger partial charge < -0.3 is 10.6 Å². The standard InChI is InChI=1S/C14H14N4S/c1-2-18(10-6-4-3-5-7-10)12-11-8-9-19-13(11)17-14(15)16-12/h3-9H,2H2,1H3,(H2,15,16,17). The van der Waals surface area contributed by atoms with Gasteiger partial charge in [-0.3, -0.25) is 0 Å². The number of fused-ring (bicyclic) bond motifs is 1. The SMILES string of the molecule is CCN(c1ccccc1)c1nc(N)nc2sccc12. The monoisotopic (exact) mass is 270 g/mol.